The van der Waals surface area contributed by atoms with Crippen LogP contribution in [0, 0.1) is 0 Å². The van der Waals surface area contributed by atoms with E-state index in [1.165, 1.54) is 48.1 Å². The minimum atomic E-state index is 0.322. The Kier molecular flexibility index (Phi) is 3.43. The Morgan fingerprint density at radius 2 is 1.70 bits per heavy atom. The third kappa shape index (κ3) is 2.30. The lowest BCUT2D eigenvalue weighted by atomic mass is 9.80. The minimum Gasteiger partial charge on any atom is -0.327 e. The number of fused-ring (bicyclic) bond motifs is 5. The van der Waals surface area contributed by atoms with Gasteiger partial charge in [0.1, 0.15) is 0 Å². The number of nitrogens with one attached hydrogen (secondary N) is 1. The molecule has 2 aliphatic heterocycles. The smallest absolute Gasteiger partial charge is 0.199 e. The van der Waals surface area contributed by atoms with Crippen molar-refractivity contribution in [3.8, 4) is 0 Å². The van der Waals surface area contributed by atoms with Gasteiger partial charge in [-0.15, -0.1) is 0 Å². The van der Waals surface area contributed by atoms with E-state index in [0.717, 1.165) is 18.8 Å². The second-order valence-corrected chi connectivity index (χ2v) is 8.27. The van der Waals surface area contributed by atoms with Crippen LogP contribution in [0.1, 0.15) is 54.8 Å². The molecule has 1 saturated carbocycles. The molecule has 2 aliphatic carbocycles. The normalized spacial score (nSPS) is 28.5. The number of guanidine groups is 1. The molecule has 0 aromatic heterocycles. The maximum Gasteiger partial charge on any atom is 0.199 e. The summed E-state index contributed by atoms with van der Waals surface area (Å²) in [5.41, 5.74) is 7.10. The second kappa shape index (κ2) is 5.98. The molecule has 3 atom stereocenters. The highest BCUT2D eigenvalue weighted by Gasteiger charge is 2.46. The third-order valence-corrected chi connectivity index (χ3v) is 6.82. The van der Waals surface area contributed by atoms with Gasteiger partial charge in [0.2, 0.25) is 0 Å². The van der Waals surface area contributed by atoms with Gasteiger partial charge in [-0.05, 0) is 42.4 Å². The van der Waals surface area contributed by atoms with Gasteiger partial charge >= 0.3 is 0 Å². The Morgan fingerprint density at radius 1 is 0.889 bits per heavy atom. The molecule has 1 fully saturated rings. The Balaban J connectivity index is 1.54. The van der Waals surface area contributed by atoms with Gasteiger partial charge in [0.15, 0.2) is 5.96 Å². The van der Waals surface area contributed by atoms with Gasteiger partial charge in [-0.2, -0.15) is 0 Å². The van der Waals surface area contributed by atoms with Crippen LogP contribution in [-0.4, -0.2) is 22.9 Å². The van der Waals surface area contributed by atoms with Crippen LogP contribution >= 0.6 is 0 Å². The zero-order valence-electron chi connectivity index (χ0n) is 15.6. The van der Waals surface area contributed by atoms with Crippen molar-refractivity contribution in [2.75, 3.05) is 0 Å². The maximum atomic E-state index is 5.17. The van der Waals surface area contributed by atoms with E-state index in [0.29, 0.717) is 18.1 Å². The molecule has 2 heterocycles. The summed E-state index contributed by atoms with van der Waals surface area (Å²) in [6.07, 6.45) is 7.40. The molecular formula is C24H25N3. The molecule has 6 rings (SSSR count). The molecule has 3 nitrogen and oxygen atoms in total. The van der Waals surface area contributed by atoms with Crippen molar-refractivity contribution in [2.45, 2.75) is 56.7 Å². The molecule has 1 N–H and O–H groups in total. The molecule has 0 amide bonds. The first-order valence-electron chi connectivity index (χ1n) is 10.4. The number of hydrogen-bond donors (Lipinski definition) is 1. The van der Waals surface area contributed by atoms with Crippen LogP contribution in [0.4, 0.5) is 0 Å². The van der Waals surface area contributed by atoms with Gasteiger partial charge in [0.05, 0.1) is 18.1 Å². The van der Waals surface area contributed by atoms with Crippen LogP contribution in [0.5, 0.6) is 0 Å². The van der Waals surface area contributed by atoms with Gasteiger partial charge in [0.25, 0.3) is 0 Å². The Morgan fingerprint density at radius 3 is 2.63 bits per heavy atom. The lowest BCUT2D eigenvalue weighted by Crippen LogP contribution is -2.51. The van der Waals surface area contributed by atoms with Gasteiger partial charge in [-0.25, -0.2) is 4.99 Å². The van der Waals surface area contributed by atoms with Crippen molar-refractivity contribution in [3.63, 3.8) is 0 Å². The quantitative estimate of drug-likeness (QED) is 0.805. The molecule has 0 spiro atoms. The van der Waals surface area contributed by atoms with Gasteiger partial charge in [-0.3, -0.25) is 0 Å². The summed E-state index contributed by atoms with van der Waals surface area (Å²) in [5, 5.41) is 3.79. The molecule has 0 radical (unpaired) electrons. The van der Waals surface area contributed by atoms with Crippen LogP contribution in [-0.2, 0) is 6.42 Å². The standard InChI is InChI=1S/C24H25N3/c1-2-9-17(10-3-1)23-19-15-14-16-8-4-5-11-18(16)22(19)26-24-25-20-12-6-7-13-21(20)27(23)24/h1-5,8-11,20-21,23H,6-7,12-15H2,(H,25,26)/t20-,21-,23+/m1/s1. The fourth-order valence-corrected chi connectivity index (χ4v) is 5.61. The molecule has 27 heavy (non-hydrogen) atoms. The van der Waals surface area contributed by atoms with Crippen molar-refractivity contribution < 1.29 is 0 Å². The minimum absolute atomic E-state index is 0.322. The Labute approximate surface area is 160 Å². The van der Waals surface area contributed by atoms with E-state index in [-0.39, 0.29) is 0 Å². The van der Waals surface area contributed by atoms with Gasteiger partial charge in [-0.1, -0.05) is 67.4 Å². The maximum absolute atomic E-state index is 5.17. The molecule has 2 aromatic carbocycles. The summed E-state index contributed by atoms with van der Waals surface area (Å²) >= 11 is 0. The fourth-order valence-electron chi connectivity index (χ4n) is 5.61. The molecule has 4 aliphatic rings. The van der Waals surface area contributed by atoms with Crippen molar-refractivity contribution in [1.82, 2.24) is 10.2 Å². The molecular weight excluding hydrogens is 330 g/mol. The number of aliphatic imine (C=N–C) groups is 1. The third-order valence-electron chi connectivity index (χ3n) is 6.82. The lowest BCUT2D eigenvalue weighted by Gasteiger charge is -2.45. The summed E-state index contributed by atoms with van der Waals surface area (Å²) in [6.45, 7) is 0. The summed E-state index contributed by atoms with van der Waals surface area (Å²) in [7, 11) is 0. The molecule has 0 bridgehead atoms. The summed E-state index contributed by atoms with van der Waals surface area (Å²) in [6, 6.07) is 21.3. The topological polar surface area (TPSA) is 27.6 Å². The first-order chi connectivity index (χ1) is 13.4. The summed E-state index contributed by atoms with van der Waals surface area (Å²) in [5.74, 6) is 1.11. The molecule has 0 unspecified atom stereocenters. The molecule has 3 heteroatoms. The van der Waals surface area contributed by atoms with E-state index < -0.39 is 0 Å². The van der Waals surface area contributed by atoms with Gasteiger partial charge in [0, 0.05) is 11.3 Å². The zero-order valence-corrected chi connectivity index (χ0v) is 15.6. The van der Waals surface area contributed by atoms with Crippen molar-refractivity contribution in [1.29, 1.82) is 0 Å². The highest BCUT2D eigenvalue weighted by atomic mass is 15.4. The van der Waals surface area contributed by atoms with E-state index in [2.05, 4.69) is 64.8 Å². The molecule has 0 saturated heterocycles. The highest BCUT2D eigenvalue weighted by molar-refractivity contribution is 5.96. The van der Waals surface area contributed by atoms with E-state index in [4.69, 9.17) is 4.99 Å². The fraction of sp³-hybridized carbons (Fsp3) is 0.375. The van der Waals surface area contributed by atoms with E-state index >= 15 is 0 Å². The average molecular weight is 355 g/mol. The Bertz CT molecular complexity index is 943. The lowest BCUT2D eigenvalue weighted by molar-refractivity contribution is 0.204. The van der Waals surface area contributed by atoms with Crippen molar-refractivity contribution in [2.24, 2.45) is 4.99 Å². The number of hydrogen-bond acceptors (Lipinski definition) is 3. The van der Waals surface area contributed by atoms with Crippen molar-refractivity contribution >= 4 is 11.7 Å². The first-order valence-corrected chi connectivity index (χ1v) is 10.4. The summed E-state index contributed by atoms with van der Waals surface area (Å²) in [4.78, 5) is 7.80. The number of aryl methyl sites for hydroxylation is 1. The SMILES string of the molecule is c1ccc([C@H]2C3=C(NC4=N[C@@H]5CCCC[C@H]5N42)c2ccccc2CC3)cc1. The second-order valence-electron chi connectivity index (χ2n) is 8.27. The number of benzene rings is 2. The molecule has 2 aromatic rings. The molecule has 136 valence electrons. The van der Waals surface area contributed by atoms with E-state index in [1.54, 1.807) is 5.57 Å². The summed E-state index contributed by atoms with van der Waals surface area (Å²) < 4.78 is 0. The van der Waals surface area contributed by atoms with Crippen LogP contribution in [0.15, 0.2) is 65.2 Å². The predicted octanol–water partition coefficient (Wildman–Crippen LogP) is 4.67. The average Bonchev–Trinajstić information content (AvgIpc) is 3.11. The zero-order chi connectivity index (χ0) is 17.8. The highest BCUT2D eigenvalue weighted by Crippen LogP contribution is 2.47. The monoisotopic (exact) mass is 355 g/mol. The van der Waals surface area contributed by atoms with Crippen LogP contribution < -0.4 is 5.32 Å². The van der Waals surface area contributed by atoms with E-state index in [1.807, 2.05) is 0 Å². The van der Waals surface area contributed by atoms with Crippen molar-refractivity contribution in [3.05, 3.63) is 76.9 Å². The first kappa shape index (κ1) is 15.5. The van der Waals surface area contributed by atoms with Crippen LogP contribution in [0.25, 0.3) is 5.70 Å². The van der Waals surface area contributed by atoms with Crippen LogP contribution in [0.3, 0.4) is 0 Å². The Hall–Kier alpha value is -2.55. The number of rotatable bonds is 1. The predicted molar refractivity (Wildman–Crippen MR) is 109 cm³/mol. The van der Waals surface area contributed by atoms with Crippen LogP contribution in [0.2, 0.25) is 0 Å². The van der Waals surface area contributed by atoms with Gasteiger partial charge < -0.3 is 10.2 Å². The number of nitrogens with zero attached hydrogens (tertiary/aromatic N) is 2. The van der Waals surface area contributed by atoms with E-state index in [9.17, 15) is 0 Å². The largest absolute Gasteiger partial charge is 0.327 e.